The Hall–Kier alpha value is -2.36. The molecule has 0 spiro atoms. The molecule has 1 aromatic heterocycles. The smallest absolute Gasteiger partial charge is 0.223 e. The molecule has 1 aromatic carbocycles. The molecule has 1 unspecified atom stereocenters. The fraction of sp³-hybridized carbons (Fsp3) is 0.294. The summed E-state index contributed by atoms with van der Waals surface area (Å²) in [6.07, 6.45) is 3.79. The van der Waals surface area contributed by atoms with Crippen molar-refractivity contribution >= 4 is 5.91 Å². The zero-order valence-corrected chi connectivity index (χ0v) is 12.4. The predicted octanol–water partition coefficient (Wildman–Crippen LogP) is 3.56. The van der Waals surface area contributed by atoms with E-state index in [4.69, 9.17) is 4.42 Å². The number of hydrogen-bond donors (Lipinski definition) is 1. The molecule has 0 bridgehead atoms. The molecule has 0 saturated carbocycles. The van der Waals surface area contributed by atoms with E-state index >= 15 is 0 Å². The van der Waals surface area contributed by atoms with Crippen molar-refractivity contribution in [3.8, 4) is 11.3 Å². The highest BCUT2D eigenvalue weighted by atomic mass is 16.3. The van der Waals surface area contributed by atoms with Crippen LogP contribution >= 0.6 is 0 Å². The maximum absolute atomic E-state index is 12.0. The van der Waals surface area contributed by atoms with E-state index in [1.165, 1.54) is 6.39 Å². The average Bonchev–Trinajstić information content (AvgIpc) is 2.98. The van der Waals surface area contributed by atoms with Gasteiger partial charge in [0.15, 0.2) is 12.2 Å². The van der Waals surface area contributed by atoms with E-state index < -0.39 is 0 Å². The van der Waals surface area contributed by atoms with E-state index in [1.54, 1.807) is 6.20 Å². The number of carbonyl (C=O) groups excluding carboxylic acids is 1. The van der Waals surface area contributed by atoms with Gasteiger partial charge in [0.1, 0.15) is 0 Å². The van der Waals surface area contributed by atoms with Crippen molar-refractivity contribution in [1.82, 2.24) is 10.3 Å². The van der Waals surface area contributed by atoms with E-state index in [2.05, 4.69) is 16.9 Å². The number of carbonyl (C=O) groups is 1. The molecule has 0 aliphatic carbocycles. The van der Waals surface area contributed by atoms with Crippen molar-refractivity contribution in [2.45, 2.75) is 26.8 Å². The van der Waals surface area contributed by atoms with Crippen molar-refractivity contribution in [1.29, 1.82) is 0 Å². The lowest BCUT2D eigenvalue weighted by atomic mass is 10.0. The molecule has 1 atom stereocenters. The number of benzene rings is 1. The van der Waals surface area contributed by atoms with Crippen LogP contribution in [0.2, 0.25) is 0 Å². The third kappa shape index (κ3) is 4.31. The number of hydrogen-bond acceptors (Lipinski definition) is 3. The molecule has 1 heterocycles. The van der Waals surface area contributed by atoms with Gasteiger partial charge in [-0.05, 0) is 25.0 Å². The molecule has 0 radical (unpaired) electrons. The first-order valence-corrected chi connectivity index (χ1v) is 6.96. The van der Waals surface area contributed by atoms with Crippen LogP contribution in [0, 0.1) is 5.92 Å². The molecule has 0 fully saturated rings. The van der Waals surface area contributed by atoms with Gasteiger partial charge in [-0.3, -0.25) is 4.79 Å². The summed E-state index contributed by atoms with van der Waals surface area (Å²) in [6.45, 7) is 8.19. The monoisotopic (exact) mass is 284 g/mol. The van der Waals surface area contributed by atoms with E-state index in [-0.39, 0.29) is 11.8 Å². The molecule has 2 aromatic rings. The van der Waals surface area contributed by atoms with Crippen LogP contribution in [0.3, 0.4) is 0 Å². The number of rotatable bonds is 6. The van der Waals surface area contributed by atoms with E-state index in [0.717, 1.165) is 22.5 Å². The minimum Gasteiger partial charge on any atom is -0.444 e. The van der Waals surface area contributed by atoms with Crippen LogP contribution in [0.15, 0.2) is 53.4 Å². The Morgan fingerprint density at radius 1 is 1.48 bits per heavy atom. The molecule has 21 heavy (non-hydrogen) atoms. The molecule has 4 nitrogen and oxygen atoms in total. The number of allylic oxidation sites excluding steroid dienone is 1. The topological polar surface area (TPSA) is 55.1 Å². The van der Waals surface area contributed by atoms with Gasteiger partial charge in [0.2, 0.25) is 5.91 Å². The molecule has 1 N–H and O–H groups in total. The van der Waals surface area contributed by atoms with E-state index in [0.29, 0.717) is 13.0 Å². The molecule has 0 aliphatic rings. The quantitative estimate of drug-likeness (QED) is 0.825. The second kappa shape index (κ2) is 6.88. The van der Waals surface area contributed by atoms with Gasteiger partial charge in [-0.15, -0.1) is 6.58 Å². The Morgan fingerprint density at radius 3 is 2.95 bits per heavy atom. The largest absolute Gasteiger partial charge is 0.444 e. The number of nitrogens with one attached hydrogen (secondary N) is 1. The number of amides is 1. The van der Waals surface area contributed by atoms with Crippen LogP contribution in [-0.4, -0.2) is 10.9 Å². The summed E-state index contributed by atoms with van der Waals surface area (Å²) in [5.41, 5.74) is 3.00. The van der Waals surface area contributed by atoms with E-state index in [9.17, 15) is 4.79 Å². The Kier molecular flexibility index (Phi) is 4.93. The number of aromatic nitrogens is 1. The van der Waals surface area contributed by atoms with Gasteiger partial charge in [-0.1, -0.05) is 30.7 Å². The van der Waals surface area contributed by atoms with Crippen molar-refractivity contribution < 1.29 is 9.21 Å². The normalized spacial score (nSPS) is 11.9. The van der Waals surface area contributed by atoms with Gasteiger partial charge in [0.05, 0.1) is 6.20 Å². The summed E-state index contributed by atoms with van der Waals surface area (Å²) in [7, 11) is 0. The summed E-state index contributed by atoms with van der Waals surface area (Å²) in [4.78, 5) is 15.9. The molecule has 110 valence electrons. The molecule has 1 amide bonds. The minimum atomic E-state index is -0.0556. The fourth-order valence-corrected chi connectivity index (χ4v) is 2.17. The molecular weight excluding hydrogens is 264 g/mol. The Labute approximate surface area is 124 Å². The lowest BCUT2D eigenvalue weighted by Gasteiger charge is -2.12. The zero-order chi connectivity index (χ0) is 15.2. The van der Waals surface area contributed by atoms with Crippen molar-refractivity contribution in [2.24, 2.45) is 5.92 Å². The van der Waals surface area contributed by atoms with Crippen molar-refractivity contribution in [2.75, 3.05) is 0 Å². The summed E-state index contributed by atoms with van der Waals surface area (Å²) >= 11 is 0. The minimum absolute atomic E-state index is 0.0445. The molecule has 4 heteroatoms. The molecule has 2 rings (SSSR count). The molecule has 0 saturated heterocycles. The fourth-order valence-electron chi connectivity index (χ4n) is 2.17. The van der Waals surface area contributed by atoms with Crippen LogP contribution in [0.5, 0.6) is 0 Å². The summed E-state index contributed by atoms with van der Waals surface area (Å²) in [5, 5.41) is 2.95. The summed E-state index contributed by atoms with van der Waals surface area (Å²) in [6, 6.07) is 7.86. The second-order valence-electron chi connectivity index (χ2n) is 5.35. The van der Waals surface area contributed by atoms with Crippen molar-refractivity contribution in [3.05, 3.63) is 54.6 Å². The standard InChI is InChI=1S/C17H20N2O2/c1-12(2)7-13(3)17(20)19-9-14-5-4-6-15(8-14)16-10-18-11-21-16/h4-6,8,10-11,13H,1,7,9H2,2-3H3,(H,19,20). The van der Waals surface area contributed by atoms with Crippen molar-refractivity contribution in [3.63, 3.8) is 0 Å². The van der Waals surface area contributed by atoms with Gasteiger partial charge >= 0.3 is 0 Å². The first kappa shape index (κ1) is 15.0. The highest BCUT2D eigenvalue weighted by Gasteiger charge is 2.12. The highest BCUT2D eigenvalue weighted by Crippen LogP contribution is 2.19. The third-order valence-corrected chi connectivity index (χ3v) is 3.21. The average molecular weight is 284 g/mol. The van der Waals surface area contributed by atoms with Gasteiger partial charge < -0.3 is 9.73 Å². The highest BCUT2D eigenvalue weighted by molar-refractivity contribution is 5.78. The Morgan fingerprint density at radius 2 is 2.29 bits per heavy atom. The molecule has 0 aliphatic heterocycles. The maximum atomic E-state index is 12.0. The van der Waals surface area contributed by atoms with Crippen LogP contribution in [-0.2, 0) is 11.3 Å². The lowest BCUT2D eigenvalue weighted by molar-refractivity contribution is -0.124. The Bertz CT molecular complexity index is 617. The third-order valence-electron chi connectivity index (χ3n) is 3.21. The van der Waals surface area contributed by atoms with Crippen LogP contribution < -0.4 is 5.32 Å². The van der Waals surface area contributed by atoms with Gasteiger partial charge in [-0.2, -0.15) is 0 Å². The zero-order valence-electron chi connectivity index (χ0n) is 12.4. The Balaban J connectivity index is 1.96. The maximum Gasteiger partial charge on any atom is 0.223 e. The first-order chi connectivity index (χ1) is 10.1. The number of nitrogens with zero attached hydrogens (tertiary/aromatic N) is 1. The van der Waals surface area contributed by atoms with Crippen LogP contribution in [0.1, 0.15) is 25.8 Å². The van der Waals surface area contributed by atoms with Crippen LogP contribution in [0.4, 0.5) is 0 Å². The molecular formula is C17H20N2O2. The summed E-state index contributed by atoms with van der Waals surface area (Å²) in [5.74, 6) is 0.710. The van der Waals surface area contributed by atoms with Crippen LogP contribution in [0.25, 0.3) is 11.3 Å². The second-order valence-corrected chi connectivity index (χ2v) is 5.35. The van der Waals surface area contributed by atoms with Gasteiger partial charge in [0, 0.05) is 18.0 Å². The number of oxazole rings is 1. The summed E-state index contributed by atoms with van der Waals surface area (Å²) < 4.78 is 5.27. The van der Waals surface area contributed by atoms with E-state index in [1.807, 2.05) is 38.1 Å². The predicted molar refractivity (Wildman–Crippen MR) is 82.4 cm³/mol. The van der Waals surface area contributed by atoms with Gasteiger partial charge in [0.25, 0.3) is 0 Å². The first-order valence-electron chi connectivity index (χ1n) is 6.96. The lowest BCUT2D eigenvalue weighted by Crippen LogP contribution is -2.28. The SMILES string of the molecule is C=C(C)CC(C)C(=O)NCc1cccc(-c2cnco2)c1. The van der Waals surface area contributed by atoms with Gasteiger partial charge in [-0.25, -0.2) is 4.98 Å².